The van der Waals surface area contributed by atoms with Crippen molar-refractivity contribution in [1.29, 1.82) is 0 Å². The van der Waals surface area contributed by atoms with E-state index in [0.29, 0.717) is 5.82 Å². The van der Waals surface area contributed by atoms with Crippen LogP contribution in [0.4, 0.5) is 5.82 Å². The summed E-state index contributed by atoms with van der Waals surface area (Å²) in [5, 5.41) is 4.20. The predicted molar refractivity (Wildman–Crippen MR) is 55.8 cm³/mol. The highest BCUT2D eigenvalue weighted by Gasteiger charge is 2.08. The molecular formula is C8H11N5S. The van der Waals surface area contributed by atoms with Crippen LogP contribution in [0.3, 0.4) is 0 Å². The lowest BCUT2D eigenvalue weighted by Gasteiger charge is -1.94. The van der Waals surface area contributed by atoms with Gasteiger partial charge in [-0.25, -0.2) is 0 Å². The summed E-state index contributed by atoms with van der Waals surface area (Å²) in [6.07, 6.45) is 4.77. The zero-order chi connectivity index (χ0) is 9.97. The summed E-state index contributed by atoms with van der Waals surface area (Å²) >= 11 is 1.12. The summed E-state index contributed by atoms with van der Waals surface area (Å²) in [4.78, 5) is 0. The molecule has 2 heterocycles. The Morgan fingerprint density at radius 1 is 1.50 bits per heavy atom. The molecule has 0 saturated carbocycles. The van der Waals surface area contributed by atoms with Crippen molar-refractivity contribution < 1.29 is 0 Å². The second-order valence-corrected chi connectivity index (χ2v) is 3.52. The van der Waals surface area contributed by atoms with Gasteiger partial charge in [-0.15, -0.1) is 0 Å². The summed E-state index contributed by atoms with van der Waals surface area (Å²) in [7, 11) is 0. The Morgan fingerprint density at radius 2 is 2.36 bits per heavy atom. The molecule has 0 radical (unpaired) electrons. The molecule has 0 aromatic carbocycles. The predicted octanol–water partition coefficient (Wildman–Crippen LogP) is 1.39. The normalized spacial score (nSPS) is 10.6. The smallest absolute Gasteiger partial charge is 0.165 e. The monoisotopic (exact) mass is 209 g/mol. The molecule has 2 rings (SSSR count). The Kier molecular flexibility index (Phi) is 2.45. The third-order valence-electron chi connectivity index (χ3n) is 1.87. The molecule has 14 heavy (non-hydrogen) atoms. The first-order valence-electron chi connectivity index (χ1n) is 4.42. The van der Waals surface area contributed by atoms with Gasteiger partial charge in [-0.2, -0.15) is 13.8 Å². The first-order chi connectivity index (χ1) is 6.81. The van der Waals surface area contributed by atoms with Crippen molar-refractivity contribution in [2.24, 2.45) is 0 Å². The van der Waals surface area contributed by atoms with Gasteiger partial charge in [0, 0.05) is 18.3 Å². The molecule has 0 amide bonds. The Morgan fingerprint density at radius 3 is 3.00 bits per heavy atom. The van der Waals surface area contributed by atoms with E-state index in [1.165, 1.54) is 0 Å². The van der Waals surface area contributed by atoms with Crippen molar-refractivity contribution >= 4 is 17.5 Å². The zero-order valence-electron chi connectivity index (χ0n) is 7.84. The van der Waals surface area contributed by atoms with Gasteiger partial charge < -0.3 is 5.73 Å². The number of hydrogen-bond donors (Lipinski definition) is 1. The summed E-state index contributed by atoms with van der Waals surface area (Å²) in [5.41, 5.74) is 7.32. The largest absolute Gasteiger partial charge is 0.381 e. The maximum absolute atomic E-state index is 5.66. The maximum atomic E-state index is 5.66. The van der Waals surface area contributed by atoms with Crippen LogP contribution in [0.25, 0.3) is 11.3 Å². The number of rotatable bonds is 3. The minimum atomic E-state index is 0.478. The van der Waals surface area contributed by atoms with E-state index in [1.54, 1.807) is 6.20 Å². The Labute approximate surface area is 85.9 Å². The highest BCUT2D eigenvalue weighted by atomic mass is 32.1. The fourth-order valence-corrected chi connectivity index (χ4v) is 1.73. The van der Waals surface area contributed by atoms with Crippen LogP contribution in [0.2, 0.25) is 0 Å². The maximum Gasteiger partial charge on any atom is 0.165 e. The second-order valence-electron chi connectivity index (χ2n) is 2.99. The molecule has 0 saturated heterocycles. The molecule has 5 nitrogen and oxygen atoms in total. The fourth-order valence-electron chi connectivity index (χ4n) is 1.23. The first kappa shape index (κ1) is 9.14. The van der Waals surface area contributed by atoms with E-state index in [4.69, 9.17) is 5.73 Å². The summed E-state index contributed by atoms with van der Waals surface area (Å²) < 4.78 is 9.91. The highest BCUT2D eigenvalue weighted by Crippen LogP contribution is 2.22. The minimum Gasteiger partial charge on any atom is -0.381 e. The molecule has 0 fully saturated rings. The number of nitrogen functional groups attached to an aromatic ring is 1. The van der Waals surface area contributed by atoms with Crippen LogP contribution in [0.1, 0.15) is 13.3 Å². The molecule has 0 aliphatic carbocycles. The summed E-state index contributed by atoms with van der Waals surface area (Å²) in [6, 6.07) is 0. The lowest BCUT2D eigenvalue weighted by Crippen LogP contribution is -1.95. The summed E-state index contributed by atoms with van der Waals surface area (Å²) in [6.45, 7) is 3.03. The zero-order valence-corrected chi connectivity index (χ0v) is 8.66. The first-order valence-corrected chi connectivity index (χ1v) is 5.15. The number of aromatic nitrogens is 4. The van der Waals surface area contributed by atoms with Crippen LogP contribution in [-0.4, -0.2) is 18.5 Å². The lowest BCUT2D eigenvalue weighted by atomic mass is 10.2. The summed E-state index contributed by atoms with van der Waals surface area (Å²) in [5.74, 6) is 0.478. The third-order valence-corrected chi connectivity index (χ3v) is 2.42. The van der Waals surface area contributed by atoms with E-state index >= 15 is 0 Å². The van der Waals surface area contributed by atoms with Crippen molar-refractivity contribution in [1.82, 2.24) is 18.5 Å². The van der Waals surface area contributed by atoms with Crippen LogP contribution in [0, 0.1) is 0 Å². The van der Waals surface area contributed by atoms with Gasteiger partial charge >= 0.3 is 0 Å². The van der Waals surface area contributed by atoms with Crippen LogP contribution >= 0.6 is 11.7 Å². The van der Waals surface area contributed by atoms with Gasteiger partial charge in [0.15, 0.2) is 5.82 Å². The molecule has 0 aliphatic rings. The van der Waals surface area contributed by atoms with Gasteiger partial charge in [-0.1, -0.05) is 6.92 Å². The molecule has 2 aromatic rings. The van der Waals surface area contributed by atoms with Crippen LogP contribution in [0.5, 0.6) is 0 Å². The van der Waals surface area contributed by atoms with Gasteiger partial charge in [0.1, 0.15) is 5.69 Å². The molecule has 0 aliphatic heterocycles. The third kappa shape index (κ3) is 1.60. The van der Waals surface area contributed by atoms with E-state index < -0.39 is 0 Å². The van der Waals surface area contributed by atoms with Crippen molar-refractivity contribution in [3.8, 4) is 11.3 Å². The van der Waals surface area contributed by atoms with Crippen LogP contribution < -0.4 is 5.73 Å². The average molecular weight is 209 g/mol. The standard InChI is InChI=1S/C8H11N5S/c1-2-3-13-5-6(4-10-13)7-8(9)12-14-11-7/h4-5H,2-3H2,1H3,(H2,9,12). The van der Waals surface area contributed by atoms with Gasteiger partial charge in [0.2, 0.25) is 0 Å². The van der Waals surface area contributed by atoms with Gasteiger partial charge in [-0.3, -0.25) is 4.68 Å². The molecular weight excluding hydrogens is 198 g/mol. The molecule has 0 atom stereocenters. The Hall–Kier alpha value is -1.43. The minimum absolute atomic E-state index is 0.478. The van der Waals surface area contributed by atoms with Gasteiger partial charge in [0.05, 0.1) is 17.9 Å². The van der Waals surface area contributed by atoms with Crippen molar-refractivity contribution in [2.45, 2.75) is 19.9 Å². The number of nitrogens with two attached hydrogens (primary N) is 1. The van der Waals surface area contributed by atoms with Gasteiger partial charge in [-0.05, 0) is 6.42 Å². The second kappa shape index (κ2) is 3.75. The van der Waals surface area contributed by atoms with Crippen LogP contribution in [0.15, 0.2) is 12.4 Å². The average Bonchev–Trinajstić information content (AvgIpc) is 2.74. The number of nitrogens with zero attached hydrogens (tertiary/aromatic N) is 4. The SMILES string of the molecule is CCCn1cc(-c2nsnc2N)cn1. The molecule has 6 heteroatoms. The van der Waals surface area contributed by atoms with E-state index in [9.17, 15) is 0 Å². The highest BCUT2D eigenvalue weighted by molar-refractivity contribution is 6.99. The van der Waals surface area contributed by atoms with Crippen molar-refractivity contribution in [3.05, 3.63) is 12.4 Å². The van der Waals surface area contributed by atoms with E-state index in [1.807, 2.05) is 10.9 Å². The number of anilines is 1. The van der Waals surface area contributed by atoms with Crippen molar-refractivity contribution in [2.75, 3.05) is 5.73 Å². The van der Waals surface area contributed by atoms with Crippen LogP contribution in [-0.2, 0) is 6.54 Å². The Balaban J connectivity index is 2.29. The molecule has 0 unspecified atom stereocenters. The topological polar surface area (TPSA) is 69.6 Å². The molecule has 2 aromatic heterocycles. The van der Waals surface area contributed by atoms with E-state index in [0.717, 1.165) is 36.0 Å². The quantitative estimate of drug-likeness (QED) is 0.829. The van der Waals surface area contributed by atoms with Crippen molar-refractivity contribution in [3.63, 3.8) is 0 Å². The molecule has 0 bridgehead atoms. The number of aryl methyl sites for hydroxylation is 1. The fraction of sp³-hybridized carbons (Fsp3) is 0.375. The lowest BCUT2D eigenvalue weighted by molar-refractivity contribution is 0.603. The molecule has 0 spiro atoms. The Bertz CT molecular complexity index is 419. The van der Waals surface area contributed by atoms with E-state index in [-0.39, 0.29) is 0 Å². The number of hydrogen-bond acceptors (Lipinski definition) is 5. The molecule has 2 N–H and O–H groups in total. The van der Waals surface area contributed by atoms with E-state index in [2.05, 4.69) is 20.8 Å². The van der Waals surface area contributed by atoms with Gasteiger partial charge in [0.25, 0.3) is 0 Å². The molecule has 74 valence electrons.